The Labute approximate surface area is 130 Å². The molecule has 0 amide bonds. The Morgan fingerprint density at radius 2 is 1.86 bits per heavy atom. The molecule has 120 valence electrons. The van der Waals surface area contributed by atoms with Crippen molar-refractivity contribution in [2.24, 2.45) is 0 Å². The van der Waals surface area contributed by atoms with Crippen LogP contribution >= 0.6 is 0 Å². The second-order valence-corrected chi connectivity index (χ2v) is 5.63. The first-order valence-electron chi connectivity index (χ1n) is 8.46. The minimum Gasteiger partial charge on any atom is -0.370 e. The second-order valence-electron chi connectivity index (χ2n) is 5.63. The fraction of sp³-hybridized carbons (Fsp3) is 0.765. The van der Waals surface area contributed by atoms with Crippen LogP contribution in [0.15, 0.2) is 0 Å². The van der Waals surface area contributed by atoms with E-state index < -0.39 is 0 Å². The molecule has 21 heavy (non-hydrogen) atoms. The highest BCUT2D eigenvalue weighted by molar-refractivity contribution is 5.59. The fourth-order valence-corrected chi connectivity index (χ4v) is 2.41. The highest BCUT2D eigenvalue weighted by Crippen LogP contribution is 2.26. The van der Waals surface area contributed by atoms with Crippen molar-refractivity contribution in [1.82, 2.24) is 9.97 Å². The van der Waals surface area contributed by atoms with E-state index in [1.54, 1.807) is 0 Å². The smallest absolute Gasteiger partial charge is 0.137 e. The van der Waals surface area contributed by atoms with Crippen molar-refractivity contribution in [3.05, 3.63) is 11.4 Å². The van der Waals surface area contributed by atoms with Gasteiger partial charge >= 0.3 is 0 Å². The topological polar surface area (TPSA) is 41.1 Å². The van der Waals surface area contributed by atoms with Crippen molar-refractivity contribution in [3.8, 4) is 0 Å². The maximum absolute atomic E-state index is 4.83. The summed E-state index contributed by atoms with van der Waals surface area (Å²) >= 11 is 0. The Balaban J connectivity index is 3.23. The fourth-order valence-electron chi connectivity index (χ4n) is 2.41. The molecular formula is C17H32N4. The summed E-state index contributed by atoms with van der Waals surface area (Å²) in [5.74, 6) is 3.03. The van der Waals surface area contributed by atoms with Gasteiger partial charge in [0, 0.05) is 31.1 Å². The van der Waals surface area contributed by atoms with Crippen molar-refractivity contribution < 1.29 is 0 Å². The van der Waals surface area contributed by atoms with Crippen LogP contribution in [0.2, 0.25) is 0 Å². The van der Waals surface area contributed by atoms with E-state index in [2.05, 4.69) is 56.7 Å². The molecule has 0 aliphatic carbocycles. The lowest BCUT2D eigenvalue weighted by molar-refractivity contribution is 0.586. The van der Waals surface area contributed by atoms with Crippen molar-refractivity contribution >= 4 is 11.6 Å². The quantitative estimate of drug-likeness (QED) is 0.741. The number of hydrogen-bond donors (Lipinski definition) is 1. The van der Waals surface area contributed by atoms with E-state index in [0.29, 0.717) is 6.04 Å². The molecule has 4 heteroatoms. The summed E-state index contributed by atoms with van der Waals surface area (Å²) in [5, 5.41) is 3.38. The van der Waals surface area contributed by atoms with Crippen LogP contribution in [0.4, 0.5) is 11.6 Å². The lowest BCUT2D eigenvalue weighted by Crippen LogP contribution is -2.35. The highest BCUT2D eigenvalue weighted by Gasteiger charge is 2.19. The first-order valence-corrected chi connectivity index (χ1v) is 8.46. The molecule has 0 spiro atoms. The Morgan fingerprint density at radius 3 is 2.38 bits per heavy atom. The van der Waals surface area contributed by atoms with Gasteiger partial charge in [0.25, 0.3) is 0 Å². The average molecular weight is 292 g/mol. The Kier molecular flexibility index (Phi) is 7.48. The van der Waals surface area contributed by atoms with Crippen LogP contribution in [-0.2, 0) is 6.42 Å². The number of aromatic nitrogens is 2. The SMILES string of the molecule is CCCCN(c1nc(CC)nc(NCC)c1C)C(C)CC. The molecule has 1 aromatic rings. The third kappa shape index (κ3) is 4.58. The summed E-state index contributed by atoms with van der Waals surface area (Å²) in [6.07, 6.45) is 4.41. The number of rotatable bonds is 9. The molecule has 0 radical (unpaired) electrons. The van der Waals surface area contributed by atoms with Gasteiger partial charge in [0.15, 0.2) is 0 Å². The number of nitrogens with zero attached hydrogens (tertiary/aromatic N) is 3. The number of unbranched alkanes of at least 4 members (excludes halogenated alkanes) is 1. The van der Waals surface area contributed by atoms with Crippen LogP contribution in [0.3, 0.4) is 0 Å². The molecule has 4 nitrogen and oxygen atoms in total. The average Bonchev–Trinajstić information content (AvgIpc) is 2.50. The van der Waals surface area contributed by atoms with E-state index in [9.17, 15) is 0 Å². The van der Waals surface area contributed by atoms with Crippen molar-refractivity contribution in [3.63, 3.8) is 0 Å². The van der Waals surface area contributed by atoms with Crippen molar-refractivity contribution in [2.45, 2.75) is 73.3 Å². The maximum Gasteiger partial charge on any atom is 0.137 e. The zero-order valence-electron chi connectivity index (χ0n) is 14.7. The molecule has 0 aromatic carbocycles. The zero-order chi connectivity index (χ0) is 15.8. The van der Waals surface area contributed by atoms with Crippen LogP contribution in [-0.4, -0.2) is 29.1 Å². The Hall–Kier alpha value is -1.32. The summed E-state index contributed by atoms with van der Waals surface area (Å²) in [4.78, 5) is 11.9. The van der Waals surface area contributed by atoms with Crippen LogP contribution in [0, 0.1) is 6.92 Å². The predicted octanol–water partition coefficient (Wildman–Crippen LogP) is 4.18. The van der Waals surface area contributed by atoms with Gasteiger partial charge in [-0.3, -0.25) is 0 Å². The minimum atomic E-state index is 0.504. The summed E-state index contributed by atoms with van der Waals surface area (Å²) in [6.45, 7) is 15.1. The van der Waals surface area contributed by atoms with Gasteiger partial charge in [-0.25, -0.2) is 9.97 Å². The molecule has 0 aliphatic heterocycles. The largest absolute Gasteiger partial charge is 0.370 e. The Bertz CT molecular complexity index is 431. The van der Waals surface area contributed by atoms with Gasteiger partial charge in [-0.2, -0.15) is 0 Å². The van der Waals surface area contributed by atoms with Gasteiger partial charge in [-0.1, -0.05) is 27.2 Å². The van der Waals surface area contributed by atoms with Gasteiger partial charge < -0.3 is 10.2 Å². The third-order valence-electron chi connectivity index (χ3n) is 3.97. The summed E-state index contributed by atoms with van der Waals surface area (Å²) in [5.41, 5.74) is 1.17. The summed E-state index contributed by atoms with van der Waals surface area (Å²) in [6, 6.07) is 0.504. The van der Waals surface area contributed by atoms with Gasteiger partial charge in [0.2, 0.25) is 0 Å². The molecule has 0 fully saturated rings. The van der Waals surface area contributed by atoms with E-state index in [0.717, 1.165) is 43.4 Å². The van der Waals surface area contributed by atoms with Gasteiger partial charge in [0.05, 0.1) is 0 Å². The van der Waals surface area contributed by atoms with Gasteiger partial charge in [-0.05, 0) is 33.6 Å². The lowest BCUT2D eigenvalue weighted by Gasteiger charge is -2.31. The molecule has 1 heterocycles. The summed E-state index contributed by atoms with van der Waals surface area (Å²) < 4.78 is 0. The molecular weight excluding hydrogens is 260 g/mol. The minimum absolute atomic E-state index is 0.504. The molecule has 1 atom stereocenters. The molecule has 0 saturated heterocycles. The van der Waals surface area contributed by atoms with Crippen LogP contribution < -0.4 is 10.2 Å². The number of anilines is 2. The van der Waals surface area contributed by atoms with Crippen LogP contribution in [0.5, 0.6) is 0 Å². The first-order chi connectivity index (χ1) is 10.1. The number of nitrogens with one attached hydrogen (secondary N) is 1. The van der Waals surface area contributed by atoms with E-state index in [-0.39, 0.29) is 0 Å². The molecule has 1 N–H and O–H groups in total. The standard InChI is InChI=1S/C17H32N4/c1-7-11-12-21(13(5)8-2)17-14(6)16(18-10-4)19-15(9-3)20-17/h13H,7-12H2,1-6H3,(H,18,19,20). The van der Waals surface area contributed by atoms with Gasteiger partial charge in [0.1, 0.15) is 17.5 Å². The third-order valence-corrected chi connectivity index (χ3v) is 3.97. The second kappa shape index (κ2) is 8.85. The summed E-state index contributed by atoms with van der Waals surface area (Å²) in [7, 11) is 0. The maximum atomic E-state index is 4.83. The predicted molar refractivity (Wildman–Crippen MR) is 92.3 cm³/mol. The number of hydrogen-bond acceptors (Lipinski definition) is 4. The van der Waals surface area contributed by atoms with Crippen LogP contribution in [0.1, 0.15) is 65.3 Å². The zero-order valence-corrected chi connectivity index (χ0v) is 14.7. The normalized spacial score (nSPS) is 12.3. The highest BCUT2D eigenvalue weighted by atomic mass is 15.2. The Morgan fingerprint density at radius 1 is 1.14 bits per heavy atom. The van der Waals surface area contributed by atoms with E-state index >= 15 is 0 Å². The molecule has 0 aliphatic rings. The molecule has 0 saturated carbocycles. The lowest BCUT2D eigenvalue weighted by atomic mass is 10.1. The van der Waals surface area contributed by atoms with Gasteiger partial charge in [-0.15, -0.1) is 0 Å². The molecule has 1 aromatic heterocycles. The molecule has 1 unspecified atom stereocenters. The first kappa shape index (κ1) is 17.7. The van der Waals surface area contributed by atoms with Crippen molar-refractivity contribution in [2.75, 3.05) is 23.3 Å². The van der Waals surface area contributed by atoms with E-state index in [1.165, 1.54) is 18.4 Å². The van der Waals surface area contributed by atoms with Crippen molar-refractivity contribution in [1.29, 1.82) is 0 Å². The van der Waals surface area contributed by atoms with E-state index in [4.69, 9.17) is 4.98 Å². The monoisotopic (exact) mass is 292 g/mol. The molecule has 0 bridgehead atoms. The number of aryl methyl sites for hydroxylation is 1. The van der Waals surface area contributed by atoms with E-state index in [1.807, 2.05) is 0 Å². The molecule has 1 rings (SSSR count). The van der Waals surface area contributed by atoms with Crippen LogP contribution in [0.25, 0.3) is 0 Å².